The third-order valence-corrected chi connectivity index (χ3v) is 5.18. The maximum atomic E-state index is 12.3. The molecule has 0 radical (unpaired) electrons. The summed E-state index contributed by atoms with van der Waals surface area (Å²) >= 11 is 0. The van der Waals surface area contributed by atoms with E-state index in [4.69, 9.17) is 0 Å². The average Bonchev–Trinajstić information content (AvgIpc) is 2.51. The lowest BCUT2D eigenvalue weighted by atomic mass is 10.2. The molecule has 0 bridgehead atoms. The van der Waals surface area contributed by atoms with Crippen LogP contribution in [0.15, 0.2) is 23.1 Å². The normalized spacial score (nSPS) is 11.2. The average molecular weight is 356 g/mol. The van der Waals surface area contributed by atoms with Gasteiger partial charge in [0.15, 0.2) is 0 Å². The van der Waals surface area contributed by atoms with Crippen LogP contribution in [0.25, 0.3) is 0 Å². The van der Waals surface area contributed by atoms with Gasteiger partial charge in [-0.25, -0.2) is 13.1 Å². The lowest BCUT2D eigenvalue weighted by Gasteiger charge is -2.16. The molecule has 0 spiro atoms. The largest absolute Gasteiger partial charge is 0.469 e. The summed E-state index contributed by atoms with van der Waals surface area (Å²) in [6.45, 7) is 3.85. The summed E-state index contributed by atoms with van der Waals surface area (Å²) in [6.07, 6.45) is 0.120. The first-order chi connectivity index (χ1) is 11.2. The zero-order valence-corrected chi connectivity index (χ0v) is 15.3. The summed E-state index contributed by atoms with van der Waals surface area (Å²) in [5, 5.41) is 0. The molecule has 1 aromatic rings. The van der Waals surface area contributed by atoms with E-state index >= 15 is 0 Å². The van der Waals surface area contributed by atoms with Crippen molar-refractivity contribution in [2.45, 2.75) is 31.6 Å². The van der Waals surface area contributed by atoms with E-state index in [1.807, 2.05) is 6.92 Å². The van der Waals surface area contributed by atoms with Gasteiger partial charge in [-0.1, -0.05) is 17.7 Å². The fraction of sp³-hybridized carbons (Fsp3) is 0.500. The Labute approximate surface area is 143 Å². The summed E-state index contributed by atoms with van der Waals surface area (Å²) < 4.78 is 31.5. The molecule has 24 heavy (non-hydrogen) atoms. The summed E-state index contributed by atoms with van der Waals surface area (Å²) in [5.41, 5.74) is 1.64. The number of rotatable bonds is 8. The van der Waals surface area contributed by atoms with E-state index in [-0.39, 0.29) is 36.7 Å². The Bertz CT molecular complexity index is 700. The maximum Gasteiger partial charge on any atom is 0.307 e. The Hall–Kier alpha value is -1.93. The first kappa shape index (κ1) is 20.1. The molecule has 0 aliphatic rings. The quantitative estimate of drug-likeness (QED) is 0.701. The van der Waals surface area contributed by atoms with E-state index in [9.17, 15) is 18.0 Å². The van der Waals surface area contributed by atoms with Crippen molar-refractivity contribution in [3.05, 3.63) is 29.3 Å². The topological polar surface area (TPSA) is 92.8 Å². The molecule has 7 nitrogen and oxygen atoms in total. The second-order valence-corrected chi connectivity index (χ2v) is 7.29. The van der Waals surface area contributed by atoms with E-state index < -0.39 is 16.0 Å². The SMILES string of the molecule is COC(=O)CCN(C)C(=O)CCNS(=O)(=O)c1ccc(C)cc1C. The summed E-state index contributed by atoms with van der Waals surface area (Å²) in [7, 11) is -0.810. The number of nitrogens with zero attached hydrogens (tertiary/aromatic N) is 1. The Kier molecular flexibility index (Phi) is 7.37. The standard InChI is InChI=1S/C16H24N2O5S/c1-12-5-6-14(13(2)11-12)24(21,22)17-9-7-15(19)18(3)10-8-16(20)23-4/h5-6,11,17H,7-10H2,1-4H3. The van der Waals surface area contributed by atoms with Crippen LogP contribution < -0.4 is 4.72 Å². The monoisotopic (exact) mass is 356 g/mol. The van der Waals surface area contributed by atoms with Crippen molar-refractivity contribution in [1.82, 2.24) is 9.62 Å². The first-order valence-corrected chi connectivity index (χ1v) is 9.03. The molecule has 0 unspecified atom stereocenters. The number of carbonyl (C=O) groups excluding carboxylic acids is 2. The predicted octanol–water partition coefficient (Wildman–Crippen LogP) is 0.993. The number of carbonyl (C=O) groups is 2. The molecule has 0 atom stereocenters. The third kappa shape index (κ3) is 5.93. The molecule has 1 aromatic carbocycles. The van der Waals surface area contributed by atoms with E-state index in [0.717, 1.165) is 5.56 Å². The van der Waals surface area contributed by atoms with Crippen molar-refractivity contribution in [1.29, 1.82) is 0 Å². The van der Waals surface area contributed by atoms with Gasteiger partial charge in [-0.3, -0.25) is 9.59 Å². The van der Waals surface area contributed by atoms with Crippen LogP contribution in [0, 0.1) is 13.8 Å². The van der Waals surface area contributed by atoms with Crippen LogP contribution in [0.3, 0.4) is 0 Å². The summed E-state index contributed by atoms with van der Waals surface area (Å²) in [5.74, 6) is -0.646. The van der Waals surface area contributed by atoms with Crippen LogP contribution in [0.4, 0.5) is 0 Å². The van der Waals surface area contributed by atoms with Crippen LogP contribution in [-0.4, -0.2) is 52.4 Å². The number of hydrogen-bond acceptors (Lipinski definition) is 5. The van der Waals surface area contributed by atoms with Crippen molar-refractivity contribution in [3.63, 3.8) is 0 Å². The van der Waals surface area contributed by atoms with Crippen molar-refractivity contribution in [2.75, 3.05) is 27.2 Å². The first-order valence-electron chi connectivity index (χ1n) is 7.55. The van der Waals surface area contributed by atoms with Gasteiger partial charge in [0.2, 0.25) is 15.9 Å². The number of sulfonamides is 1. The lowest BCUT2D eigenvalue weighted by Crippen LogP contribution is -2.33. The highest BCUT2D eigenvalue weighted by Gasteiger charge is 2.17. The van der Waals surface area contributed by atoms with Crippen molar-refractivity contribution >= 4 is 21.9 Å². The molecule has 0 aliphatic carbocycles. The number of esters is 1. The fourth-order valence-electron chi connectivity index (χ4n) is 2.15. The molecular weight excluding hydrogens is 332 g/mol. The van der Waals surface area contributed by atoms with Crippen LogP contribution >= 0.6 is 0 Å². The minimum absolute atomic E-state index is 0.00293. The molecular formula is C16H24N2O5S. The lowest BCUT2D eigenvalue weighted by molar-refractivity contribution is -0.141. The summed E-state index contributed by atoms with van der Waals surface area (Å²) in [6, 6.07) is 5.07. The van der Waals surface area contributed by atoms with Crippen molar-refractivity contribution < 1.29 is 22.7 Å². The molecule has 1 N–H and O–H groups in total. The zero-order chi connectivity index (χ0) is 18.3. The van der Waals surface area contributed by atoms with E-state index in [2.05, 4.69) is 9.46 Å². The number of amides is 1. The maximum absolute atomic E-state index is 12.3. The molecule has 0 fully saturated rings. The Balaban J connectivity index is 2.53. The number of hydrogen-bond donors (Lipinski definition) is 1. The van der Waals surface area contributed by atoms with Gasteiger partial charge in [0.05, 0.1) is 18.4 Å². The minimum atomic E-state index is -3.65. The van der Waals surface area contributed by atoms with Crippen LogP contribution in [-0.2, 0) is 24.3 Å². The van der Waals surface area contributed by atoms with Gasteiger partial charge in [0, 0.05) is 26.6 Å². The second kappa shape index (κ2) is 8.79. The van der Waals surface area contributed by atoms with Crippen LogP contribution in [0.1, 0.15) is 24.0 Å². The predicted molar refractivity (Wildman–Crippen MR) is 90.0 cm³/mol. The Morgan fingerprint density at radius 2 is 1.88 bits per heavy atom. The van der Waals surface area contributed by atoms with E-state index in [0.29, 0.717) is 5.56 Å². The van der Waals surface area contributed by atoms with E-state index in [1.165, 1.54) is 12.0 Å². The third-order valence-electron chi connectivity index (χ3n) is 3.56. The van der Waals surface area contributed by atoms with Gasteiger partial charge in [-0.05, 0) is 25.5 Å². The number of ether oxygens (including phenoxy) is 1. The van der Waals surface area contributed by atoms with E-state index in [1.54, 1.807) is 32.2 Å². The van der Waals surface area contributed by atoms with Crippen LogP contribution in [0.2, 0.25) is 0 Å². The smallest absolute Gasteiger partial charge is 0.307 e. The van der Waals surface area contributed by atoms with Crippen LogP contribution in [0.5, 0.6) is 0 Å². The molecule has 1 rings (SSSR count). The summed E-state index contributed by atoms with van der Waals surface area (Å²) in [4.78, 5) is 24.5. The molecule has 8 heteroatoms. The molecule has 1 amide bonds. The van der Waals surface area contributed by atoms with Crippen molar-refractivity contribution in [3.8, 4) is 0 Å². The molecule has 0 aromatic heterocycles. The Morgan fingerprint density at radius 3 is 2.46 bits per heavy atom. The molecule has 0 saturated carbocycles. The number of aryl methyl sites for hydroxylation is 2. The van der Waals surface area contributed by atoms with Gasteiger partial charge >= 0.3 is 5.97 Å². The second-order valence-electron chi connectivity index (χ2n) is 5.56. The molecule has 0 saturated heterocycles. The van der Waals surface area contributed by atoms with Gasteiger partial charge in [-0.15, -0.1) is 0 Å². The number of nitrogens with one attached hydrogen (secondary N) is 1. The minimum Gasteiger partial charge on any atom is -0.469 e. The van der Waals surface area contributed by atoms with Gasteiger partial charge in [-0.2, -0.15) is 0 Å². The number of methoxy groups -OCH3 is 1. The zero-order valence-electron chi connectivity index (χ0n) is 14.5. The highest BCUT2D eigenvalue weighted by Crippen LogP contribution is 2.16. The number of benzene rings is 1. The highest BCUT2D eigenvalue weighted by molar-refractivity contribution is 7.89. The fourth-order valence-corrected chi connectivity index (χ4v) is 3.40. The van der Waals surface area contributed by atoms with Gasteiger partial charge in [0.25, 0.3) is 0 Å². The Morgan fingerprint density at radius 1 is 1.21 bits per heavy atom. The van der Waals surface area contributed by atoms with Gasteiger partial charge < -0.3 is 9.64 Å². The molecule has 134 valence electrons. The molecule has 0 aliphatic heterocycles. The molecule has 0 heterocycles. The van der Waals surface area contributed by atoms with Crippen molar-refractivity contribution in [2.24, 2.45) is 0 Å². The van der Waals surface area contributed by atoms with Gasteiger partial charge in [0.1, 0.15) is 0 Å². The highest BCUT2D eigenvalue weighted by atomic mass is 32.2.